The number of aromatic nitrogens is 2. The molecule has 2 aromatic rings. The molecule has 0 aromatic carbocycles. The van der Waals surface area contributed by atoms with E-state index in [1.165, 1.54) is 4.88 Å². The molecular formula is C16H26N4S. The highest BCUT2D eigenvalue weighted by Crippen LogP contribution is 2.24. The molecule has 0 aliphatic rings. The molecule has 1 atom stereocenters. The lowest BCUT2D eigenvalue weighted by Gasteiger charge is -2.20. The average molecular weight is 306 g/mol. The van der Waals surface area contributed by atoms with Gasteiger partial charge in [-0.15, -0.1) is 11.3 Å². The Bertz CT molecular complexity index is 502. The maximum atomic E-state index is 4.51. The first kappa shape index (κ1) is 16.2. The van der Waals surface area contributed by atoms with Crippen LogP contribution in [-0.4, -0.2) is 40.6 Å². The van der Waals surface area contributed by atoms with E-state index in [4.69, 9.17) is 0 Å². The van der Waals surface area contributed by atoms with Crippen molar-refractivity contribution < 1.29 is 0 Å². The lowest BCUT2D eigenvalue weighted by atomic mass is 10.2. The normalized spacial score (nSPS) is 13.0. The lowest BCUT2D eigenvalue weighted by molar-refractivity contribution is 0.296. The van der Waals surface area contributed by atoms with Crippen molar-refractivity contribution in [2.24, 2.45) is 7.05 Å². The summed E-state index contributed by atoms with van der Waals surface area (Å²) in [5, 5.41) is 5.80. The summed E-state index contributed by atoms with van der Waals surface area (Å²) in [6.07, 6.45) is 5.04. The summed E-state index contributed by atoms with van der Waals surface area (Å²) in [6, 6.07) is 4.48. The molecule has 0 aliphatic carbocycles. The van der Waals surface area contributed by atoms with Gasteiger partial charge in [0.25, 0.3) is 0 Å². The van der Waals surface area contributed by atoms with Crippen LogP contribution < -0.4 is 5.32 Å². The second kappa shape index (κ2) is 8.32. The van der Waals surface area contributed by atoms with E-state index < -0.39 is 0 Å². The molecule has 2 aromatic heterocycles. The molecule has 0 amide bonds. The van der Waals surface area contributed by atoms with Gasteiger partial charge in [-0.1, -0.05) is 19.9 Å². The van der Waals surface area contributed by atoms with Crippen LogP contribution in [0.15, 0.2) is 29.9 Å². The highest BCUT2D eigenvalue weighted by atomic mass is 32.1. The molecule has 0 aliphatic heterocycles. The van der Waals surface area contributed by atoms with Crippen LogP contribution in [0.3, 0.4) is 0 Å². The number of nitrogens with one attached hydrogen (secondary N) is 1. The number of nitrogens with zero attached hydrogens (tertiary/aromatic N) is 3. The standard InChI is InChI=1S/C16H26N4S/c1-4-20(5-2)11-7-9-17-15(14-8-6-13-21-14)16-18-10-12-19(16)3/h6,8,10,12-13,15,17H,4-5,7,9,11H2,1-3H3. The molecule has 2 rings (SSSR count). The van der Waals surface area contributed by atoms with Crippen LogP contribution in [0.25, 0.3) is 0 Å². The summed E-state index contributed by atoms with van der Waals surface area (Å²) < 4.78 is 2.10. The molecule has 5 heteroatoms. The van der Waals surface area contributed by atoms with E-state index in [0.717, 1.165) is 38.4 Å². The second-order valence-corrected chi connectivity index (χ2v) is 6.16. The van der Waals surface area contributed by atoms with Crippen molar-refractivity contribution in [2.45, 2.75) is 26.3 Å². The Hall–Kier alpha value is -1.17. The fourth-order valence-corrected chi connectivity index (χ4v) is 3.32. The van der Waals surface area contributed by atoms with Gasteiger partial charge in [0.05, 0.1) is 0 Å². The van der Waals surface area contributed by atoms with Crippen LogP contribution in [0.1, 0.15) is 37.0 Å². The quantitative estimate of drug-likeness (QED) is 0.723. The summed E-state index contributed by atoms with van der Waals surface area (Å²) in [6.45, 7) is 8.86. The average Bonchev–Trinajstić information content (AvgIpc) is 3.15. The van der Waals surface area contributed by atoms with Gasteiger partial charge in [-0.2, -0.15) is 0 Å². The third-order valence-corrected chi connectivity index (χ3v) is 4.78. The van der Waals surface area contributed by atoms with E-state index in [1.807, 2.05) is 12.4 Å². The molecule has 0 spiro atoms. The minimum atomic E-state index is 0.196. The number of hydrogen-bond donors (Lipinski definition) is 1. The van der Waals surface area contributed by atoms with Gasteiger partial charge < -0.3 is 14.8 Å². The van der Waals surface area contributed by atoms with Gasteiger partial charge in [0, 0.05) is 24.3 Å². The smallest absolute Gasteiger partial charge is 0.131 e. The molecule has 1 N–H and O–H groups in total. The Balaban J connectivity index is 1.94. The largest absolute Gasteiger partial charge is 0.336 e. The van der Waals surface area contributed by atoms with Gasteiger partial charge in [-0.25, -0.2) is 4.98 Å². The molecular weight excluding hydrogens is 280 g/mol. The first-order chi connectivity index (χ1) is 10.3. The SMILES string of the molecule is CCN(CC)CCCNC(c1cccs1)c1nccn1C. The molecule has 0 radical (unpaired) electrons. The van der Waals surface area contributed by atoms with Gasteiger partial charge in [-0.3, -0.25) is 0 Å². The summed E-state index contributed by atoms with van der Waals surface area (Å²) in [4.78, 5) is 8.30. The van der Waals surface area contributed by atoms with E-state index >= 15 is 0 Å². The van der Waals surface area contributed by atoms with Gasteiger partial charge >= 0.3 is 0 Å². The van der Waals surface area contributed by atoms with Crippen LogP contribution >= 0.6 is 11.3 Å². The van der Waals surface area contributed by atoms with Gasteiger partial charge in [-0.05, 0) is 44.0 Å². The summed E-state index contributed by atoms with van der Waals surface area (Å²) in [7, 11) is 2.06. The zero-order valence-corrected chi connectivity index (χ0v) is 14.1. The van der Waals surface area contributed by atoms with Crippen LogP contribution in [0.5, 0.6) is 0 Å². The summed E-state index contributed by atoms with van der Waals surface area (Å²) in [5.41, 5.74) is 0. The third-order valence-electron chi connectivity index (χ3n) is 3.84. The van der Waals surface area contributed by atoms with Gasteiger partial charge in [0.2, 0.25) is 0 Å². The van der Waals surface area contributed by atoms with E-state index in [0.29, 0.717) is 0 Å². The van der Waals surface area contributed by atoms with Crippen molar-refractivity contribution in [3.05, 3.63) is 40.6 Å². The van der Waals surface area contributed by atoms with E-state index in [1.54, 1.807) is 11.3 Å². The summed E-state index contributed by atoms with van der Waals surface area (Å²) in [5.74, 6) is 1.08. The second-order valence-electron chi connectivity index (χ2n) is 5.18. The predicted molar refractivity (Wildman–Crippen MR) is 89.8 cm³/mol. The third kappa shape index (κ3) is 4.40. The van der Waals surface area contributed by atoms with Gasteiger partial charge in [0.15, 0.2) is 0 Å². The number of thiophene rings is 1. The van der Waals surface area contributed by atoms with Crippen molar-refractivity contribution in [2.75, 3.05) is 26.2 Å². The number of aryl methyl sites for hydroxylation is 1. The fraction of sp³-hybridized carbons (Fsp3) is 0.562. The lowest BCUT2D eigenvalue weighted by Crippen LogP contribution is -2.30. The van der Waals surface area contributed by atoms with Crippen molar-refractivity contribution in [1.29, 1.82) is 0 Å². The summed E-state index contributed by atoms with van der Waals surface area (Å²) >= 11 is 1.79. The zero-order chi connectivity index (χ0) is 15.1. The Morgan fingerprint density at radius 2 is 2.19 bits per heavy atom. The molecule has 0 saturated carbocycles. The van der Waals surface area contributed by atoms with Crippen molar-refractivity contribution in [1.82, 2.24) is 19.8 Å². The minimum absolute atomic E-state index is 0.196. The first-order valence-electron chi connectivity index (χ1n) is 7.72. The molecule has 4 nitrogen and oxygen atoms in total. The Morgan fingerprint density at radius 3 is 2.76 bits per heavy atom. The fourth-order valence-electron chi connectivity index (χ4n) is 2.52. The van der Waals surface area contributed by atoms with Crippen LogP contribution in [0.4, 0.5) is 0 Å². The van der Waals surface area contributed by atoms with E-state index in [2.05, 4.69) is 58.2 Å². The molecule has 1 unspecified atom stereocenters. The Labute approximate surface area is 131 Å². The number of hydrogen-bond acceptors (Lipinski definition) is 4. The molecule has 0 bridgehead atoms. The van der Waals surface area contributed by atoms with Crippen LogP contribution in [0, 0.1) is 0 Å². The highest BCUT2D eigenvalue weighted by molar-refractivity contribution is 7.10. The number of rotatable bonds is 9. The Kier molecular flexibility index (Phi) is 6.42. The molecule has 0 saturated heterocycles. The molecule has 2 heterocycles. The molecule has 21 heavy (non-hydrogen) atoms. The minimum Gasteiger partial charge on any atom is -0.336 e. The van der Waals surface area contributed by atoms with Crippen LogP contribution in [0.2, 0.25) is 0 Å². The van der Waals surface area contributed by atoms with Crippen molar-refractivity contribution in [3.63, 3.8) is 0 Å². The highest BCUT2D eigenvalue weighted by Gasteiger charge is 2.18. The molecule has 116 valence electrons. The zero-order valence-electron chi connectivity index (χ0n) is 13.2. The Morgan fingerprint density at radius 1 is 1.38 bits per heavy atom. The predicted octanol–water partition coefficient (Wildman–Crippen LogP) is 2.89. The first-order valence-corrected chi connectivity index (χ1v) is 8.60. The monoisotopic (exact) mass is 306 g/mol. The van der Waals surface area contributed by atoms with Crippen molar-refractivity contribution >= 4 is 11.3 Å². The van der Waals surface area contributed by atoms with E-state index in [-0.39, 0.29) is 6.04 Å². The van der Waals surface area contributed by atoms with E-state index in [9.17, 15) is 0 Å². The van der Waals surface area contributed by atoms with Crippen LogP contribution in [-0.2, 0) is 7.05 Å². The topological polar surface area (TPSA) is 33.1 Å². The maximum absolute atomic E-state index is 4.51. The van der Waals surface area contributed by atoms with Crippen molar-refractivity contribution in [3.8, 4) is 0 Å². The van der Waals surface area contributed by atoms with Gasteiger partial charge in [0.1, 0.15) is 11.9 Å². The molecule has 0 fully saturated rings. The maximum Gasteiger partial charge on any atom is 0.131 e. The number of imidazole rings is 1.